The van der Waals surface area contributed by atoms with Crippen molar-refractivity contribution in [2.75, 3.05) is 6.54 Å². The van der Waals surface area contributed by atoms with Gasteiger partial charge in [0.2, 0.25) is 0 Å². The lowest BCUT2D eigenvalue weighted by atomic mass is 10.1. The lowest BCUT2D eigenvalue weighted by molar-refractivity contribution is 0.0951. The van der Waals surface area contributed by atoms with E-state index < -0.39 is 0 Å². The molecule has 4 nitrogen and oxygen atoms in total. The smallest absolute Gasteiger partial charge is 0.255 e. The summed E-state index contributed by atoms with van der Waals surface area (Å²) in [5.41, 5.74) is 1.12. The van der Waals surface area contributed by atoms with Gasteiger partial charge in [-0.15, -0.1) is 0 Å². The molecule has 2 N–H and O–H groups in total. The molecule has 1 fully saturated rings. The van der Waals surface area contributed by atoms with Gasteiger partial charge in [0.25, 0.3) is 5.91 Å². The Kier molecular flexibility index (Phi) is 2.51. The summed E-state index contributed by atoms with van der Waals surface area (Å²) in [7, 11) is 0. The lowest BCUT2D eigenvalue weighted by Gasteiger charge is -2.03. The van der Waals surface area contributed by atoms with E-state index in [1.807, 2.05) is 0 Å². The molecule has 1 saturated carbocycles. The number of phenolic OH excluding ortho intramolecular Hbond substituents is 1. The molecule has 2 aromatic rings. The molecule has 0 spiro atoms. The normalized spacial score (nSPS) is 14.9. The molecule has 1 heterocycles. The molecular weight excluding hydrogens is 230 g/mol. The van der Waals surface area contributed by atoms with Crippen LogP contribution in [0.25, 0.3) is 11.0 Å². The summed E-state index contributed by atoms with van der Waals surface area (Å²) >= 11 is 0. The van der Waals surface area contributed by atoms with Crippen LogP contribution in [0, 0.1) is 12.8 Å². The molecule has 0 atom stereocenters. The van der Waals surface area contributed by atoms with E-state index in [-0.39, 0.29) is 11.7 Å². The van der Waals surface area contributed by atoms with Crippen LogP contribution in [0.2, 0.25) is 0 Å². The van der Waals surface area contributed by atoms with Crippen LogP contribution < -0.4 is 5.32 Å². The zero-order chi connectivity index (χ0) is 12.7. The van der Waals surface area contributed by atoms with Crippen LogP contribution in [0.1, 0.15) is 29.0 Å². The summed E-state index contributed by atoms with van der Waals surface area (Å²) in [5.74, 6) is 1.28. The zero-order valence-corrected chi connectivity index (χ0v) is 10.2. The number of carbonyl (C=O) groups is 1. The van der Waals surface area contributed by atoms with Gasteiger partial charge in [0.05, 0.1) is 5.56 Å². The van der Waals surface area contributed by atoms with E-state index >= 15 is 0 Å². The van der Waals surface area contributed by atoms with Crippen molar-refractivity contribution in [2.45, 2.75) is 19.8 Å². The van der Waals surface area contributed by atoms with Crippen molar-refractivity contribution in [3.05, 3.63) is 29.5 Å². The number of amides is 1. The zero-order valence-electron chi connectivity index (χ0n) is 10.2. The van der Waals surface area contributed by atoms with E-state index in [1.165, 1.54) is 18.9 Å². The number of rotatable bonds is 3. The topological polar surface area (TPSA) is 62.5 Å². The fraction of sp³-hybridized carbons (Fsp3) is 0.357. The summed E-state index contributed by atoms with van der Waals surface area (Å²) in [5, 5.41) is 13.1. The van der Waals surface area contributed by atoms with E-state index in [9.17, 15) is 9.90 Å². The van der Waals surface area contributed by atoms with E-state index in [0.29, 0.717) is 22.8 Å². The molecule has 18 heavy (non-hydrogen) atoms. The van der Waals surface area contributed by atoms with Crippen molar-refractivity contribution >= 4 is 16.9 Å². The highest BCUT2D eigenvalue weighted by Crippen LogP contribution is 2.30. The number of hydrogen-bond donors (Lipinski definition) is 2. The van der Waals surface area contributed by atoms with Crippen molar-refractivity contribution in [1.29, 1.82) is 0 Å². The second kappa shape index (κ2) is 4.05. The third-order valence-electron chi connectivity index (χ3n) is 3.32. The van der Waals surface area contributed by atoms with Crippen LogP contribution in [-0.4, -0.2) is 17.6 Å². The quantitative estimate of drug-likeness (QED) is 0.873. The minimum atomic E-state index is -0.0937. The second-order valence-corrected chi connectivity index (χ2v) is 4.87. The third kappa shape index (κ3) is 1.94. The first-order chi connectivity index (χ1) is 8.65. The average molecular weight is 245 g/mol. The molecule has 0 radical (unpaired) electrons. The van der Waals surface area contributed by atoms with Gasteiger partial charge in [0, 0.05) is 18.0 Å². The van der Waals surface area contributed by atoms with Gasteiger partial charge in [0.15, 0.2) is 0 Å². The van der Waals surface area contributed by atoms with E-state index in [2.05, 4.69) is 5.32 Å². The van der Waals surface area contributed by atoms with Crippen LogP contribution in [-0.2, 0) is 0 Å². The molecule has 1 aromatic heterocycles. The summed E-state index contributed by atoms with van der Waals surface area (Å²) in [4.78, 5) is 12.1. The molecule has 94 valence electrons. The van der Waals surface area contributed by atoms with Gasteiger partial charge in [-0.05, 0) is 37.8 Å². The van der Waals surface area contributed by atoms with Gasteiger partial charge < -0.3 is 14.8 Å². The number of furan rings is 1. The number of hydrogen-bond acceptors (Lipinski definition) is 3. The molecule has 0 aliphatic heterocycles. The van der Waals surface area contributed by atoms with Crippen LogP contribution in [0.5, 0.6) is 5.75 Å². The fourth-order valence-electron chi connectivity index (χ4n) is 2.14. The van der Waals surface area contributed by atoms with Crippen molar-refractivity contribution in [3.63, 3.8) is 0 Å². The fourth-order valence-corrected chi connectivity index (χ4v) is 2.14. The molecule has 4 heteroatoms. The van der Waals surface area contributed by atoms with Crippen molar-refractivity contribution in [1.82, 2.24) is 5.32 Å². The SMILES string of the molecule is Cc1oc2cc(O)ccc2c1C(=O)NCC1CC1. The lowest BCUT2D eigenvalue weighted by Crippen LogP contribution is -2.25. The molecular formula is C14H15NO3. The Labute approximate surface area is 105 Å². The molecule has 0 bridgehead atoms. The van der Waals surface area contributed by atoms with Gasteiger partial charge in [0.1, 0.15) is 17.1 Å². The molecule has 0 unspecified atom stereocenters. The highest BCUT2D eigenvalue weighted by molar-refractivity contribution is 6.07. The highest BCUT2D eigenvalue weighted by atomic mass is 16.3. The van der Waals surface area contributed by atoms with Crippen LogP contribution in [0.3, 0.4) is 0 Å². The number of fused-ring (bicyclic) bond motifs is 1. The van der Waals surface area contributed by atoms with Gasteiger partial charge in [-0.25, -0.2) is 0 Å². The molecule has 3 rings (SSSR count). The van der Waals surface area contributed by atoms with Gasteiger partial charge in [-0.3, -0.25) is 4.79 Å². The number of carbonyl (C=O) groups excluding carboxylic acids is 1. The first-order valence-electron chi connectivity index (χ1n) is 6.15. The molecule has 1 aromatic carbocycles. The number of nitrogens with one attached hydrogen (secondary N) is 1. The van der Waals surface area contributed by atoms with Gasteiger partial charge >= 0.3 is 0 Å². The Morgan fingerprint density at radius 3 is 3.00 bits per heavy atom. The standard InChI is InChI=1S/C14H15NO3/c1-8-13(14(17)15-7-9-2-3-9)11-5-4-10(16)6-12(11)18-8/h4-6,9,16H,2-3,7H2,1H3,(H,15,17). The van der Waals surface area contributed by atoms with Crippen LogP contribution >= 0.6 is 0 Å². The third-order valence-corrected chi connectivity index (χ3v) is 3.32. The number of aromatic hydroxyl groups is 1. The number of phenols is 1. The maximum atomic E-state index is 12.1. The minimum Gasteiger partial charge on any atom is -0.508 e. The van der Waals surface area contributed by atoms with E-state index in [4.69, 9.17) is 4.42 Å². The Hall–Kier alpha value is -1.97. The maximum Gasteiger partial charge on any atom is 0.255 e. The highest BCUT2D eigenvalue weighted by Gasteiger charge is 2.24. The average Bonchev–Trinajstić information content (AvgIpc) is 3.08. The van der Waals surface area contributed by atoms with Crippen molar-refractivity contribution < 1.29 is 14.3 Å². The van der Waals surface area contributed by atoms with Gasteiger partial charge in [-0.1, -0.05) is 0 Å². The molecule has 1 aliphatic rings. The number of benzene rings is 1. The van der Waals surface area contributed by atoms with Crippen molar-refractivity contribution in [2.24, 2.45) is 5.92 Å². The predicted molar refractivity (Wildman–Crippen MR) is 67.7 cm³/mol. The summed E-state index contributed by atoms with van der Waals surface area (Å²) in [6.07, 6.45) is 2.42. The Morgan fingerprint density at radius 2 is 2.28 bits per heavy atom. The van der Waals surface area contributed by atoms with Crippen LogP contribution in [0.15, 0.2) is 22.6 Å². The maximum absolute atomic E-state index is 12.1. The Bertz CT molecular complexity index is 611. The number of aryl methyl sites for hydroxylation is 1. The summed E-state index contributed by atoms with van der Waals surface area (Å²) in [6.45, 7) is 2.51. The van der Waals surface area contributed by atoms with Crippen LogP contribution in [0.4, 0.5) is 0 Å². The van der Waals surface area contributed by atoms with E-state index in [1.54, 1.807) is 19.1 Å². The Balaban J connectivity index is 1.93. The summed E-state index contributed by atoms with van der Waals surface area (Å²) in [6, 6.07) is 4.81. The first kappa shape index (κ1) is 11.1. The van der Waals surface area contributed by atoms with Crippen molar-refractivity contribution in [3.8, 4) is 5.75 Å². The monoisotopic (exact) mass is 245 g/mol. The molecule has 0 saturated heterocycles. The predicted octanol–water partition coefficient (Wildman–Crippen LogP) is 2.59. The van der Waals surface area contributed by atoms with E-state index in [0.717, 1.165) is 11.9 Å². The second-order valence-electron chi connectivity index (χ2n) is 4.87. The summed E-state index contributed by atoms with van der Waals surface area (Å²) < 4.78 is 5.50. The minimum absolute atomic E-state index is 0.0937. The van der Waals surface area contributed by atoms with Gasteiger partial charge in [-0.2, -0.15) is 0 Å². The largest absolute Gasteiger partial charge is 0.508 e. The first-order valence-corrected chi connectivity index (χ1v) is 6.15. The molecule has 1 amide bonds. The molecule has 1 aliphatic carbocycles. The Morgan fingerprint density at radius 1 is 1.50 bits per heavy atom.